The fourth-order valence-corrected chi connectivity index (χ4v) is 4.38. The van der Waals surface area contributed by atoms with Gasteiger partial charge in [0.05, 0.1) is 23.4 Å². The molecule has 1 aliphatic carbocycles. The minimum Gasteiger partial charge on any atom is -0.466 e. The highest BCUT2D eigenvalue weighted by molar-refractivity contribution is 6.28. The van der Waals surface area contributed by atoms with Crippen LogP contribution in [0.3, 0.4) is 0 Å². The number of anilines is 2. The van der Waals surface area contributed by atoms with E-state index in [2.05, 4.69) is 5.32 Å². The molecule has 1 N–H and O–H groups in total. The lowest BCUT2D eigenvalue weighted by Crippen LogP contribution is -2.21. The molecule has 0 amide bonds. The predicted molar refractivity (Wildman–Crippen MR) is 128 cm³/mol. The summed E-state index contributed by atoms with van der Waals surface area (Å²) in [5, 5.41) is 4.16. The van der Waals surface area contributed by atoms with Gasteiger partial charge < -0.3 is 14.6 Å². The first-order valence-electron chi connectivity index (χ1n) is 10.7. The van der Waals surface area contributed by atoms with Gasteiger partial charge in [-0.2, -0.15) is 0 Å². The van der Waals surface area contributed by atoms with Gasteiger partial charge in [0.15, 0.2) is 5.78 Å². The molecule has 3 aromatic carbocycles. The maximum absolute atomic E-state index is 13.6. The van der Waals surface area contributed by atoms with Gasteiger partial charge in [-0.05, 0) is 41.0 Å². The first-order chi connectivity index (χ1) is 15.9. The third kappa shape index (κ3) is 3.59. The number of hydrogen-bond donors (Lipinski definition) is 1. The van der Waals surface area contributed by atoms with Gasteiger partial charge in [-0.15, -0.1) is 0 Å². The molecule has 0 saturated carbocycles. The van der Waals surface area contributed by atoms with Crippen LogP contribution in [0.5, 0.6) is 0 Å². The van der Waals surface area contributed by atoms with E-state index >= 15 is 0 Å². The molecule has 1 heterocycles. The van der Waals surface area contributed by atoms with E-state index in [1.165, 1.54) is 6.92 Å². The van der Waals surface area contributed by atoms with Gasteiger partial charge in [-0.25, -0.2) is 0 Å². The van der Waals surface area contributed by atoms with Gasteiger partial charge in [-0.1, -0.05) is 36.4 Å². The number of benzene rings is 3. The summed E-state index contributed by atoms with van der Waals surface area (Å²) < 4.78 is 6.58. The van der Waals surface area contributed by atoms with E-state index in [-0.39, 0.29) is 17.3 Å². The molecule has 6 nitrogen and oxygen atoms in total. The second-order valence-corrected chi connectivity index (χ2v) is 8.12. The smallest absolute Gasteiger partial charge is 0.302 e. The number of fused-ring (bicyclic) bond motifs is 2. The minimum absolute atomic E-state index is 0.0668. The summed E-state index contributed by atoms with van der Waals surface area (Å²) in [5.41, 5.74) is 5.90. The van der Waals surface area contributed by atoms with Crippen molar-refractivity contribution < 1.29 is 14.3 Å². The van der Waals surface area contributed by atoms with Crippen LogP contribution in [0, 0.1) is 0 Å². The van der Waals surface area contributed by atoms with Crippen molar-refractivity contribution in [2.45, 2.75) is 13.3 Å². The normalized spacial score (nSPS) is 11.9. The van der Waals surface area contributed by atoms with Gasteiger partial charge in [-0.3, -0.25) is 14.4 Å². The number of ether oxygens (including phenoxy) is 1. The summed E-state index contributed by atoms with van der Waals surface area (Å²) in [4.78, 5) is 37.1. The Morgan fingerprint density at radius 3 is 2.39 bits per heavy atom. The molecule has 5 rings (SSSR count). The second-order valence-electron chi connectivity index (χ2n) is 8.12. The molecule has 0 atom stereocenters. The maximum Gasteiger partial charge on any atom is 0.302 e. The van der Waals surface area contributed by atoms with E-state index < -0.39 is 0 Å². The zero-order valence-electron chi connectivity index (χ0n) is 18.3. The highest BCUT2D eigenvalue weighted by Gasteiger charge is 2.28. The molecule has 0 spiro atoms. The van der Waals surface area contributed by atoms with Crippen molar-refractivity contribution in [3.8, 4) is 11.1 Å². The van der Waals surface area contributed by atoms with E-state index in [4.69, 9.17) is 4.74 Å². The van der Waals surface area contributed by atoms with Crippen molar-refractivity contribution in [3.05, 3.63) is 93.8 Å². The Hall–Kier alpha value is -4.19. The van der Waals surface area contributed by atoms with E-state index in [9.17, 15) is 14.4 Å². The number of rotatable bonds is 5. The minimum atomic E-state index is -0.290. The molecule has 0 unspecified atom stereocenters. The summed E-state index contributed by atoms with van der Waals surface area (Å²) in [6, 6.07) is 20.5. The Morgan fingerprint density at radius 2 is 1.67 bits per heavy atom. The zero-order chi connectivity index (χ0) is 23.1. The lowest BCUT2D eigenvalue weighted by molar-refractivity contribution is -0.140. The van der Waals surface area contributed by atoms with Crippen LogP contribution in [0.4, 0.5) is 11.4 Å². The number of pyridine rings is 1. The number of aromatic nitrogens is 1. The van der Waals surface area contributed by atoms with Gasteiger partial charge in [0.2, 0.25) is 0 Å². The molecule has 33 heavy (non-hydrogen) atoms. The molecular formula is C27H22N2O4. The SMILES string of the molecule is CC(=O)OCCc1ccc(Nc2ccc3c4c(cc(=O)n3C)-c3ccccc3C(=O)c24)cc1. The highest BCUT2D eigenvalue weighted by atomic mass is 16.5. The number of nitrogens with one attached hydrogen (secondary N) is 1. The van der Waals surface area contributed by atoms with Crippen molar-refractivity contribution in [1.82, 2.24) is 4.57 Å². The Labute approximate surface area is 190 Å². The summed E-state index contributed by atoms with van der Waals surface area (Å²) >= 11 is 0. The van der Waals surface area contributed by atoms with Crippen LogP contribution in [-0.2, 0) is 23.0 Å². The second kappa shape index (κ2) is 8.06. The fraction of sp³-hybridized carbons (Fsp3) is 0.148. The quantitative estimate of drug-likeness (QED) is 0.406. The number of carbonyl (C=O) groups excluding carboxylic acids is 2. The highest BCUT2D eigenvalue weighted by Crippen LogP contribution is 2.41. The Morgan fingerprint density at radius 1 is 0.939 bits per heavy atom. The molecule has 1 aliphatic rings. The predicted octanol–water partition coefficient (Wildman–Crippen LogP) is 4.60. The molecular weight excluding hydrogens is 416 g/mol. The van der Waals surface area contributed by atoms with Crippen molar-refractivity contribution >= 4 is 34.0 Å². The van der Waals surface area contributed by atoms with Crippen LogP contribution in [0.25, 0.3) is 22.0 Å². The molecule has 4 aromatic rings. The van der Waals surface area contributed by atoms with Crippen LogP contribution >= 0.6 is 0 Å². The Balaban J connectivity index is 1.57. The first kappa shape index (κ1) is 20.7. The fourth-order valence-electron chi connectivity index (χ4n) is 4.38. The van der Waals surface area contributed by atoms with Crippen LogP contribution in [-0.4, -0.2) is 22.9 Å². The van der Waals surface area contributed by atoms with E-state index in [1.807, 2.05) is 54.6 Å². The first-order valence-corrected chi connectivity index (χ1v) is 10.7. The number of esters is 1. The average Bonchev–Trinajstić information content (AvgIpc) is 2.81. The molecule has 0 bridgehead atoms. The maximum atomic E-state index is 13.6. The van der Waals surface area contributed by atoms with E-state index in [0.29, 0.717) is 29.8 Å². The van der Waals surface area contributed by atoms with E-state index in [1.54, 1.807) is 23.7 Å². The van der Waals surface area contributed by atoms with Crippen molar-refractivity contribution in [1.29, 1.82) is 0 Å². The number of nitrogens with zero attached hydrogens (tertiary/aromatic N) is 1. The lowest BCUT2D eigenvalue weighted by atomic mass is 9.83. The molecule has 0 fully saturated rings. The van der Waals surface area contributed by atoms with Gasteiger partial charge in [0.1, 0.15) is 0 Å². The van der Waals surface area contributed by atoms with Gasteiger partial charge in [0.25, 0.3) is 5.56 Å². The molecule has 0 aliphatic heterocycles. The number of hydrogen-bond acceptors (Lipinski definition) is 5. The largest absolute Gasteiger partial charge is 0.466 e. The standard InChI is InChI=1S/C27H22N2O4/c1-16(30)33-14-13-17-7-9-18(10-8-17)28-22-11-12-23-25-21(15-24(31)29(23)2)19-5-3-4-6-20(19)27(32)26(22)25/h3-12,15,28H,13-14H2,1-2H3. The number of aryl methyl sites for hydroxylation is 1. The average molecular weight is 438 g/mol. The monoisotopic (exact) mass is 438 g/mol. The van der Waals surface area contributed by atoms with Crippen LogP contribution < -0.4 is 10.9 Å². The topological polar surface area (TPSA) is 77.4 Å². The molecule has 0 radical (unpaired) electrons. The Kier molecular flexibility index (Phi) is 5.05. The third-order valence-corrected chi connectivity index (χ3v) is 6.03. The van der Waals surface area contributed by atoms with Crippen molar-refractivity contribution in [2.75, 3.05) is 11.9 Å². The van der Waals surface area contributed by atoms with Crippen molar-refractivity contribution in [2.24, 2.45) is 7.05 Å². The Bertz CT molecular complexity index is 1480. The molecule has 0 saturated heterocycles. The summed E-state index contributed by atoms with van der Waals surface area (Å²) in [6.07, 6.45) is 0.633. The lowest BCUT2D eigenvalue weighted by Gasteiger charge is -2.23. The van der Waals surface area contributed by atoms with Crippen LogP contribution in [0.2, 0.25) is 0 Å². The van der Waals surface area contributed by atoms with Crippen LogP contribution in [0.15, 0.2) is 71.5 Å². The zero-order valence-corrected chi connectivity index (χ0v) is 18.3. The van der Waals surface area contributed by atoms with Gasteiger partial charge in [0, 0.05) is 43.1 Å². The molecule has 164 valence electrons. The summed E-state index contributed by atoms with van der Waals surface area (Å²) in [7, 11) is 1.72. The van der Waals surface area contributed by atoms with E-state index in [0.717, 1.165) is 33.3 Å². The number of carbonyl (C=O) groups is 2. The third-order valence-electron chi connectivity index (χ3n) is 6.03. The molecule has 6 heteroatoms. The van der Waals surface area contributed by atoms with Crippen LogP contribution in [0.1, 0.15) is 28.4 Å². The number of ketones is 1. The van der Waals surface area contributed by atoms with Gasteiger partial charge >= 0.3 is 5.97 Å². The molecule has 1 aromatic heterocycles. The summed E-state index contributed by atoms with van der Waals surface area (Å²) in [6.45, 7) is 1.73. The van der Waals surface area contributed by atoms with Crippen molar-refractivity contribution in [3.63, 3.8) is 0 Å². The summed E-state index contributed by atoms with van der Waals surface area (Å²) in [5.74, 6) is -0.357.